The molecule has 0 amide bonds. The Labute approximate surface area is 104 Å². The Bertz CT molecular complexity index is 366. The second kappa shape index (κ2) is 6.66. The molecule has 0 atom stereocenters. The predicted molar refractivity (Wildman–Crippen MR) is 68.2 cm³/mol. The van der Waals surface area contributed by atoms with Gasteiger partial charge in [-0.25, -0.2) is 0 Å². The first-order valence-corrected chi connectivity index (χ1v) is 5.99. The zero-order valence-electron chi connectivity index (χ0n) is 9.55. The minimum absolute atomic E-state index is 0.119. The van der Waals surface area contributed by atoms with Crippen molar-refractivity contribution in [2.45, 2.75) is 12.8 Å². The van der Waals surface area contributed by atoms with Crippen LogP contribution in [0.15, 0.2) is 22.7 Å². The first kappa shape index (κ1) is 13.2. The normalized spacial score (nSPS) is 10.2. The third-order valence-corrected chi connectivity index (χ3v) is 2.79. The van der Waals surface area contributed by atoms with E-state index in [1.54, 1.807) is 19.2 Å². The van der Waals surface area contributed by atoms with E-state index in [-0.39, 0.29) is 5.78 Å². The van der Waals surface area contributed by atoms with Gasteiger partial charge in [-0.05, 0) is 38.2 Å². The third kappa shape index (κ3) is 3.61. The fourth-order valence-electron chi connectivity index (χ4n) is 1.46. The SMILES string of the molecule is CNCCCC(=O)c1cc(Br)ccc1OC. The Balaban J connectivity index is 2.76. The fourth-order valence-corrected chi connectivity index (χ4v) is 1.82. The summed E-state index contributed by atoms with van der Waals surface area (Å²) in [5.41, 5.74) is 0.646. The maximum Gasteiger partial charge on any atom is 0.166 e. The van der Waals surface area contributed by atoms with Gasteiger partial charge in [0.1, 0.15) is 5.75 Å². The second-order valence-electron chi connectivity index (χ2n) is 3.47. The number of ether oxygens (including phenoxy) is 1. The highest BCUT2D eigenvalue weighted by molar-refractivity contribution is 9.10. The molecule has 16 heavy (non-hydrogen) atoms. The molecule has 0 fully saturated rings. The molecule has 0 saturated heterocycles. The minimum Gasteiger partial charge on any atom is -0.496 e. The van der Waals surface area contributed by atoms with Gasteiger partial charge in [-0.15, -0.1) is 0 Å². The lowest BCUT2D eigenvalue weighted by Crippen LogP contribution is -2.10. The van der Waals surface area contributed by atoms with Gasteiger partial charge >= 0.3 is 0 Å². The van der Waals surface area contributed by atoms with Gasteiger partial charge in [-0.3, -0.25) is 4.79 Å². The van der Waals surface area contributed by atoms with Gasteiger partial charge in [0.2, 0.25) is 0 Å². The van der Waals surface area contributed by atoms with Crippen molar-refractivity contribution in [1.29, 1.82) is 0 Å². The number of hydrogen-bond donors (Lipinski definition) is 1. The second-order valence-corrected chi connectivity index (χ2v) is 4.39. The molecule has 0 aliphatic carbocycles. The molecule has 0 saturated carbocycles. The minimum atomic E-state index is 0.119. The van der Waals surface area contributed by atoms with Gasteiger partial charge in [-0.1, -0.05) is 15.9 Å². The Kier molecular flexibility index (Phi) is 5.49. The summed E-state index contributed by atoms with van der Waals surface area (Å²) in [6.07, 6.45) is 1.37. The standard InChI is InChI=1S/C12H16BrNO2/c1-14-7-3-4-11(15)10-8-9(13)5-6-12(10)16-2/h5-6,8,14H,3-4,7H2,1-2H3. The summed E-state index contributed by atoms with van der Waals surface area (Å²) in [5, 5.41) is 3.02. The Morgan fingerprint density at radius 3 is 2.88 bits per heavy atom. The van der Waals surface area contributed by atoms with Gasteiger partial charge in [0.05, 0.1) is 12.7 Å². The molecule has 0 radical (unpaired) electrons. The predicted octanol–water partition coefficient (Wildman–Crippen LogP) is 2.64. The molecule has 1 aromatic carbocycles. The molecular formula is C12H16BrNO2. The zero-order valence-corrected chi connectivity index (χ0v) is 11.1. The number of rotatable bonds is 6. The van der Waals surface area contributed by atoms with Crippen molar-refractivity contribution in [2.24, 2.45) is 0 Å². The van der Waals surface area contributed by atoms with Crippen LogP contribution >= 0.6 is 15.9 Å². The van der Waals surface area contributed by atoms with Crippen LogP contribution in [0.5, 0.6) is 5.75 Å². The maximum absolute atomic E-state index is 11.9. The average Bonchev–Trinajstić information content (AvgIpc) is 2.29. The van der Waals surface area contributed by atoms with Crippen LogP contribution in [-0.2, 0) is 0 Å². The molecule has 4 heteroatoms. The molecule has 3 nitrogen and oxygen atoms in total. The lowest BCUT2D eigenvalue weighted by atomic mass is 10.1. The molecule has 0 aliphatic rings. The number of Topliss-reactive ketones (excluding diaryl/α,β-unsaturated/α-hetero) is 1. The summed E-state index contributed by atoms with van der Waals surface area (Å²) in [4.78, 5) is 11.9. The van der Waals surface area contributed by atoms with E-state index in [4.69, 9.17) is 4.74 Å². The Morgan fingerprint density at radius 1 is 1.50 bits per heavy atom. The Morgan fingerprint density at radius 2 is 2.25 bits per heavy atom. The van der Waals surface area contributed by atoms with Crippen LogP contribution in [0.2, 0.25) is 0 Å². The first-order chi connectivity index (χ1) is 7.69. The summed E-state index contributed by atoms with van der Waals surface area (Å²) < 4.78 is 6.06. The lowest BCUT2D eigenvalue weighted by Gasteiger charge is -2.08. The van der Waals surface area contributed by atoms with E-state index in [9.17, 15) is 4.79 Å². The number of ketones is 1. The summed E-state index contributed by atoms with van der Waals surface area (Å²) in [5.74, 6) is 0.756. The van der Waals surface area contributed by atoms with Crippen molar-refractivity contribution in [2.75, 3.05) is 20.7 Å². The number of carbonyl (C=O) groups excluding carboxylic acids is 1. The van der Waals surface area contributed by atoms with Crippen molar-refractivity contribution < 1.29 is 9.53 Å². The summed E-state index contributed by atoms with van der Waals surface area (Å²) >= 11 is 3.36. The smallest absolute Gasteiger partial charge is 0.166 e. The monoisotopic (exact) mass is 285 g/mol. The van der Waals surface area contributed by atoms with Crippen molar-refractivity contribution >= 4 is 21.7 Å². The van der Waals surface area contributed by atoms with Crippen molar-refractivity contribution in [3.63, 3.8) is 0 Å². The topological polar surface area (TPSA) is 38.3 Å². The highest BCUT2D eigenvalue weighted by atomic mass is 79.9. The van der Waals surface area contributed by atoms with Gasteiger partial charge in [0.15, 0.2) is 5.78 Å². The van der Waals surface area contributed by atoms with Gasteiger partial charge < -0.3 is 10.1 Å². The summed E-state index contributed by atoms with van der Waals surface area (Å²) in [6, 6.07) is 5.47. The van der Waals surface area contributed by atoms with Gasteiger partial charge in [-0.2, -0.15) is 0 Å². The number of hydrogen-bond acceptors (Lipinski definition) is 3. The van der Waals surface area contributed by atoms with Crippen LogP contribution in [0.1, 0.15) is 23.2 Å². The van der Waals surface area contributed by atoms with Crippen LogP contribution in [0, 0.1) is 0 Å². The number of halogens is 1. The molecule has 0 heterocycles. The van der Waals surface area contributed by atoms with Crippen molar-refractivity contribution in [1.82, 2.24) is 5.32 Å². The lowest BCUT2D eigenvalue weighted by molar-refractivity contribution is 0.0977. The largest absolute Gasteiger partial charge is 0.496 e. The number of benzene rings is 1. The van der Waals surface area contributed by atoms with Crippen LogP contribution < -0.4 is 10.1 Å². The molecular weight excluding hydrogens is 270 g/mol. The molecule has 0 aliphatic heterocycles. The summed E-state index contributed by atoms with van der Waals surface area (Å²) in [6.45, 7) is 0.849. The van der Waals surface area contributed by atoms with Crippen LogP contribution in [0.4, 0.5) is 0 Å². The third-order valence-electron chi connectivity index (χ3n) is 2.29. The maximum atomic E-state index is 11.9. The van der Waals surface area contributed by atoms with Gasteiger partial charge in [0.25, 0.3) is 0 Å². The molecule has 1 rings (SSSR count). The van der Waals surface area contributed by atoms with Crippen LogP contribution in [0.3, 0.4) is 0 Å². The number of nitrogens with one attached hydrogen (secondary N) is 1. The van der Waals surface area contributed by atoms with E-state index >= 15 is 0 Å². The first-order valence-electron chi connectivity index (χ1n) is 5.20. The Hall–Kier alpha value is -0.870. The van der Waals surface area contributed by atoms with E-state index in [2.05, 4.69) is 21.2 Å². The molecule has 0 spiro atoms. The van der Waals surface area contributed by atoms with Crippen molar-refractivity contribution in [3.05, 3.63) is 28.2 Å². The van der Waals surface area contributed by atoms with E-state index in [0.717, 1.165) is 17.4 Å². The molecule has 1 aromatic rings. The number of methoxy groups -OCH3 is 1. The van der Waals surface area contributed by atoms with Gasteiger partial charge in [0, 0.05) is 10.9 Å². The number of carbonyl (C=O) groups is 1. The van der Waals surface area contributed by atoms with E-state index < -0.39 is 0 Å². The molecule has 0 bridgehead atoms. The zero-order chi connectivity index (χ0) is 12.0. The van der Waals surface area contributed by atoms with Crippen LogP contribution in [-0.4, -0.2) is 26.5 Å². The highest BCUT2D eigenvalue weighted by Gasteiger charge is 2.12. The highest BCUT2D eigenvalue weighted by Crippen LogP contribution is 2.24. The van der Waals surface area contributed by atoms with E-state index in [1.165, 1.54) is 0 Å². The molecule has 0 unspecified atom stereocenters. The molecule has 88 valence electrons. The van der Waals surface area contributed by atoms with E-state index in [0.29, 0.717) is 17.7 Å². The molecule has 1 N–H and O–H groups in total. The summed E-state index contributed by atoms with van der Waals surface area (Å²) in [7, 11) is 3.46. The molecule has 0 aromatic heterocycles. The quantitative estimate of drug-likeness (QED) is 0.645. The fraction of sp³-hybridized carbons (Fsp3) is 0.417. The average molecular weight is 286 g/mol. The van der Waals surface area contributed by atoms with Crippen molar-refractivity contribution in [3.8, 4) is 5.75 Å². The van der Waals surface area contributed by atoms with Crippen LogP contribution in [0.25, 0.3) is 0 Å². The van der Waals surface area contributed by atoms with E-state index in [1.807, 2.05) is 13.1 Å².